The van der Waals surface area contributed by atoms with Crippen LogP contribution in [0.4, 0.5) is 0 Å². The molecule has 0 radical (unpaired) electrons. The highest BCUT2D eigenvalue weighted by Crippen LogP contribution is 2.21. The van der Waals surface area contributed by atoms with Gasteiger partial charge in [0.15, 0.2) is 5.96 Å². The minimum Gasteiger partial charge on any atom is -0.359 e. The van der Waals surface area contributed by atoms with E-state index in [9.17, 15) is 4.79 Å². The maximum Gasteiger partial charge on any atom is 0.220 e. The molecule has 5 heteroatoms. The fourth-order valence-corrected chi connectivity index (χ4v) is 3.58. The molecule has 1 aliphatic heterocycles. The third-order valence-corrected chi connectivity index (χ3v) is 5.16. The van der Waals surface area contributed by atoms with Crippen molar-refractivity contribution in [3.8, 4) is 0 Å². The summed E-state index contributed by atoms with van der Waals surface area (Å²) in [6.07, 6.45) is 9.19. The zero-order valence-corrected chi connectivity index (χ0v) is 16.9. The highest BCUT2D eigenvalue weighted by Gasteiger charge is 2.23. The summed E-state index contributed by atoms with van der Waals surface area (Å²) in [5, 5.41) is 6.21. The van der Waals surface area contributed by atoms with Gasteiger partial charge in [-0.05, 0) is 44.4 Å². The number of carbonyl (C=O) groups is 1. The molecule has 0 aliphatic carbocycles. The third-order valence-electron chi connectivity index (χ3n) is 5.16. The number of carbonyl (C=O) groups excluding carboxylic acids is 1. The fourth-order valence-electron chi connectivity index (χ4n) is 3.58. The van der Waals surface area contributed by atoms with Gasteiger partial charge in [0.1, 0.15) is 0 Å². The minimum atomic E-state index is 0.164. The Morgan fingerprint density at radius 3 is 2.44 bits per heavy atom. The van der Waals surface area contributed by atoms with Crippen molar-refractivity contribution in [3.63, 3.8) is 0 Å². The average Bonchev–Trinajstić information content (AvgIpc) is 2.63. The molecule has 1 rings (SSSR count). The lowest BCUT2D eigenvalue weighted by Crippen LogP contribution is -2.46. The number of hydrogen-bond acceptors (Lipinski definition) is 2. The van der Waals surface area contributed by atoms with Gasteiger partial charge in [-0.1, -0.05) is 33.1 Å². The van der Waals surface area contributed by atoms with Gasteiger partial charge in [-0.2, -0.15) is 0 Å². The standard InChI is InChI=1S/C20H40N4O/c1-5-8-10-18(9-6-2)16-23-20(22-7-3)24-13-11-17(12-14-24)15-19(25)21-4/h17-18H,5-16H2,1-4H3,(H,21,25)(H,22,23). The van der Waals surface area contributed by atoms with E-state index in [2.05, 4.69) is 36.3 Å². The number of nitrogens with one attached hydrogen (secondary N) is 2. The molecule has 25 heavy (non-hydrogen) atoms. The second-order valence-corrected chi connectivity index (χ2v) is 7.30. The molecule has 5 nitrogen and oxygen atoms in total. The molecule has 1 fully saturated rings. The van der Waals surface area contributed by atoms with Crippen molar-refractivity contribution in [1.82, 2.24) is 15.5 Å². The maximum absolute atomic E-state index is 11.6. The lowest BCUT2D eigenvalue weighted by Gasteiger charge is -2.34. The van der Waals surface area contributed by atoms with Crippen molar-refractivity contribution in [2.24, 2.45) is 16.8 Å². The molecule has 0 aromatic heterocycles. The van der Waals surface area contributed by atoms with Crippen LogP contribution in [0.5, 0.6) is 0 Å². The molecule has 0 bridgehead atoms. The first-order chi connectivity index (χ1) is 12.1. The highest BCUT2D eigenvalue weighted by molar-refractivity contribution is 5.80. The molecule has 1 heterocycles. The Balaban J connectivity index is 2.56. The summed E-state index contributed by atoms with van der Waals surface area (Å²) in [5.74, 6) is 2.46. The van der Waals surface area contributed by atoms with Gasteiger partial charge in [-0.3, -0.25) is 9.79 Å². The summed E-state index contributed by atoms with van der Waals surface area (Å²) >= 11 is 0. The van der Waals surface area contributed by atoms with Gasteiger partial charge in [0.05, 0.1) is 0 Å². The van der Waals surface area contributed by atoms with Gasteiger partial charge in [0.25, 0.3) is 0 Å². The topological polar surface area (TPSA) is 56.7 Å². The van der Waals surface area contributed by atoms with Gasteiger partial charge in [-0.15, -0.1) is 0 Å². The van der Waals surface area contributed by atoms with E-state index in [-0.39, 0.29) is 5.91 Å². The largest absolute Gasteiger partial charge is 0.359 e. The van der Waals surface area contributed by atoms with Gasteiger partial charge in [-0.25, -0.2) is 0 Å². The lowest BCUT2D eigenvalue weighted by atomic mass is 9.93. The molecule has 146 valence electrons. The number of likely N-dealkylation sites (tertiary alicyclic amines) is 1. The first-order valence-corrected chi connectivity index (χ1v) is 10.4. The number of unbranched alkanes of at least 4 members (excludes halogenated alkanes) is 1. The average molecular weight is 353 g/mol. The summed E-state index contributed by atoms with van der Waals surface area (Å²) in [6.45, 7) is 10.5. The van der Waals surface area contributed by atoms with Gasteiger partial charge < -0.3 is 15.5 Å². The highest BCUT2D eigenvalue weighted by atomic mass is 16.1. The maximum atomic E-state index is 11.6. The van der Waals surface area contributed by atoms with E-state index in [1.807, 2.05) is 0 Å². The Morgan fingerprint density at radius 1 is 1.16 bits per heavy atom. The van der Waals surface area contributed by atoms with Crippen molar-refractivity contribution in [3.05, 3.63) is 0 Å². The van der Waals surface area contributed by atoms with E-state index in [1.54, 1.807) is 7.05 Å². The van der Waals surface area contributed by atoms with Crippen molar-refractivity contribution in [2.45, 2.75) is 72.1 Å². The van der Waals surface area contributed by atoms with Crippen LogP contribution in [0.15, 0.2) is 4.99 Å². The molecule has 1 atom stereocenters. The Hall–Kier alpha value is -1.26. The van der Waals surface area contributed by atoms with Crippen molar-refractivity contribution in [1.29, 1.82) is 0 Å². The fraction of sp³-hybridized carbons (Fsp3) is 0.900. The quantitative estimate of drug-likeness (QED) is 0.468. The van der Waals surface area contributed by atoms with Gasteiger partial charge in [0, 0.05) is 39.6 Å². The Kier molecular flexibility index (Phi) is 11.3. The molecule has 0 spiro atoms. The van der Waals surface area contributed by atoms with Crippen LogP contribution in [0.1, 0.15) is 72.1 Å². The van der Waals surface area contributed by atoms with Crippen LogP contribution in [0, 0.1) is 11.8 Å². The number of rotatable bonds is 10. The molecular weight excluding hydrogens is 312 g/mol. The zero-order chi connectivity index (χ0) is 18.5. The first kappa shape index (κ1) is 21.8. The lowest BCUT2D eigenvalue weighted by molar-refractivity contribution is -0.121. The molecule has 2 N–H and O–H groups in total. The summed E-state index contributed by atoms with van der Waals surface area (Å²) in [7, 11) is 1.72. The molecule has 0 aromatic carbocycles. The summed E-state index contributed by atoms with van der Waals surface area (Å²) in [6, 6.07) is 0. The predicted octanol–water partition coefficient (Wildman–Crippen LogP) is 3.41. The van der Waals surface area contributed by atoms with E-state index in [0.29, 0.717) is 18.3 Å². The second-order valence-electron chi connectivity index (χ2n) is 7.30. The minimum absolute atomic E-state index is 0.164. The Bertz CT molecular complexity index is 389. The number of aliphatic imine (C=N–C) groups is 1. The van der Waals surface area contributed by atoms with E-state index < -0.39 is 0 Å². The third kappa shape index (κ3) is 8.59. The molecule has 1 aliphatic rings. The van der Waals surface area contributed by atoms with Crippen molar-refractivity contribution < 1.29 is 4.79 Å². The van der Waals surface area contributed by atoms with E-state index >= 15 is 0 Å². The summed E-state index contributed by atoms with van der Waals surface area (Å²) < 4.78 is 0. The SMILES string of the molecule is CCCCC(CCC)CN=C(NCC)N1CCC(CC(=O)NC)CC1. The van der Waals surface area contributed by atoms with Crippen molar-refractivity contribution >= 4 is 11.9 Å². The number of hydrogen-bond donors (Lipinski definition) is 2. The second kappa shape index (κ2) is 13.0. The Morgan fingerprint density at radius 2 is 1.88 bits per heavy atom. The molecule has 1 amide bonds. The first-order valence-electron chi connectivity index (χ1n) is 10.4. The Labute approximate surface area is 155 Å². The number of nitrogens with zero attached hydrogens (tertiary/aromatic N) is 2. The summed E-state index contributed by atoms with van der Waals surface area (Å²) in [5.41, 5.74) is 0. The molecule has 1 unspecified atom stereocenters. The van der Waals surface area contributed by atoms with E-state index in [0.717, 1.165) is 45.0 Å². The van der Waals surface area contributed by atoms with Gasteiger partial charge in [0.2, 0.25) is 5.91 Å². The zero-order valence-electron chi connectivity index (χ0n) is 16.9. The predicted molar refractivity (Wildman–Crippen MR) is 107 cm³/mol. The number of amides is 1. The van der Waals surface area contributed by atoms with Crippen molar-refractivity contribution in [2.75, 3.05) is 33.2 Å². The van der Waals surface area contributed by atoms with Crippen LogP contribution in [-0.2, 0) is 4.79 Å². The summed E-state index contributed by atoms with van der Waals surface area (Å²) in [4.78, 5) is 18.9. The van der Waals surface area contributed by atoms with Gasteiger partial charge >= 0.3 is 0 Å². The molecular formula is C20H40N4O. The van der Waals surface area contributed by atoms with Crippen LogP contribution < -0.4 is 10.6 Å². The smallest absolute Gasteiger partial charge is 0.220 e. The van der Waals surface area contributed by atoms with Crippen LogP contribution in [0.2, 0.25) is 0 Å². The normalized spacial score (nSPS) is 17.4. The molecule has 0 saturated carbocycles. The van der Waals surface area contributed by atoms with Crippen LogP contribution in [-0.4, -0.2) is 50.0 Å². The monoisotopic (exact) mass is 352 g/mol. The number of guanidine groups is 1. The van der Waals surface area contributed by atoms with Crippen LogP contribution >= 0.6 is 0 Å². The van der Waals surface area contributed by atoms with Crippen LogP contribution in [0.25, 0.3) is 0 Å². The molecule has 1 saturated heterocycles. The van der Waals surface area contributed by atoms with E-state index in [1.165, 1.54) is 32.1 Å². The molecule has 0 aromatic rings. The number of piperidine rings is 1. The van der Waals surface area contributed by atoms with Crippen LogP contribution in [0.3, 0.4) is 0 Å². The van der Waals surface area contributed by atoms with E-state index in [4.69, 9.17) is 4.99 Å².